The molecule has 0 aliphatic carbocycles. The molecule has 6 heteroatoms. The molecular formula is C26H18Br2N2O2. The highest BCUT2D eigenvalue weighted by atomic mass is 79.9. The summed E-state index contributed by atoms with van der Waals surface area (Å²) in [6.07, 6.45) is 3.52. The molecule has 0 aliphatic rings. The van der Waals surface area contributed by atoms with Crippen molar-refractivity contribution in [3.05, 3.63) is 91.9 Å². The predicted molar refractivity (Wildman–Crippen MR) is 135 cm³/mol. The predicted octanol–water partition coefficient (Wildman–Crippen LogP) is 7.36. The number of nitrogens with zero attached hydrogens (tertiary/aromatic N) is 2. The van der Waals surface area contributed by atoms with Gasteiger partial charge in [0, 0.05) is 20.1 Å². The fourth-order valence-corrected chi connectivity index (χ4v) is 3.63. The second-order valence-corrected chi connectivity index (χ2v) is 8.52. The van der Waals surface area contributed by atoms with Crippen molar-refractivity contribution in [1.29, 1.82) is 10.5 Å². The van der Waals surface area contributed by atoms with Gasteiger partial charge in [-0.3, -0.25) is 0 Å². The third kappa shape index (κ3) is 5.48. The molecule has 0 unspecified atom stereocenters. The largest absolute Gasteiger partial charge is 0.496 e. The highest BCUT2D eigenvalue weighted by Crippen LogP contribution is 2.34. The van der Waals surface area contributed by atoms with Crippen LogP contribution in [0.2, 0.25) is 0 Å². The summed E-state index contributed by atoms with van der Waals surface area (Å²) >= 11 is 6.82. The van der Waals surface area contributed by atoms with Crippen molar-refractivity contribution in [3.8, 4) is 23.6 Å². The van der Waals surface area contributed by atoms with E-state index in [1.807, 2.05) is 48.5 Å². The maximum atomic E-state index is 9.70. The topological polar surface area (TPSA) is 66.0 Å². The first-order valence-corrected chi connectivity index (χ1v) is 11.1. The van der Waals surface area contributed by atoms with Crippen LogP contribution < -0.4 is 9.47 Å². The molecule has 0 atom stereocenters. The van der Waals surface area contributed by atoms with Gasteiger partial charge in [0.1, 0.15) is 11.5 Å². The van der Waals surface area contributed by atoms with Crippen molar-refractivity contribution < 1.29 is 9.47 Å². The summed E-state index contributed by atoms with van der Waals surface area (Å²) in [5.74, 6) is 1.13. The Hall–Kier alpha value is -3.32. The number of benzene rings is 3. The molecule has 0 amide bonds. The lowest BCUT2D eigenvalue weighted by atomic mass is 9.99. The quantitative estimate of drug-likeness (QED) is 0.238. The molecule has 158 valence electrons. The van der Waals surface area contributed by atoms with Gasteiger partial charge in [-0.1, -0.05) is 56.1 Å². The highest BCUT2D eigenvalue weighted by molar-refractivity contribution is 9.10. The van der Waals surface area contributed by atoms with Gasteiger partial charge in [-0.15, -0.1) is 0 Å². The average Bonchev–Trinajstić information content (AvgIpc) is 2.82. The molecule has 3 aromatic carbocycles. The number of hydrogen-bond donors (Lipinski definition) is 0. The molecule has 32 heavy (non-hydrogen) atoms. The summed E-state index contributed by atoms with van der Waals surface area (Å²) in [4.78, 5) is 0. The fourth-order valence-electron chi connectivity index (χ4n) is 3.10. The maximum absolute atomic E-state index is 9.70. The molecule has 0 radical (unpaired) electrons. The minimum absolute atomic E-state index is 0.494. The summed E-state index contributed by atoms with van der Waals surface area (Å²) in [6, 6.07) is 23.1. The van der Waals surface area contributed by atoms with E-state index < -0.39 is 0 Å². The zero-order chi connectivity index (χ0) is 23.1. The van der Waals surface area contributed by atoms with E-state index in [0.717, 1.165) is 20.1 Å². The lowest BCUT2D eigenvalue weighted by Gasteiger charge is -2.12. The van der Waals surface area contributed by atoms with Gasteiger partial charge >= 0.3 is 0 Å². The number of allylic oxidation sites excluding steroid dienone is 2. The van der Waals surface area contributed by atoms with Crippen LogP contribution in [0.5, 0.6) is 11.5 Å². The van der Waals surface area contributed by atoms with Crippen molar-refractivity contribution in [2.24, 2.45) is 0 Å². The Bertz CT molecular complexity index is 1160. The summed E-state index contributed by atoms with van der Waals surface area (Å²) in [6.45, 7) is 0. The number of methoxy groups -OCH3 is 2. The maximum Gasteiger partial charge on any atom is 0.126 e. The van der Waals surface area contributed by atoms with E-state index >= 15 is 0 Å². The first-order chi connectivity index (χ1) is 15.5. The van der Waals surface area contributed by atoms with Gasteiger partial charge in [-0.05, 0) is 59.7 Å². The van der Waals surface area contributed by atoms with Crippen molar-refractivity contribution in [2.75, 3.05) is 14.2 Å². The van der Waals surface area contributed by atoms with Gasteiger partial charge < -0.3 is 9.47 Å². The van der Waals surface area contributed by atoms with Crippen LogP contribution in [0.1, 0.15) is 22.3 Å². The Morgan fingerprint density at radius 3 is 1.31 bits per heavy atom. The van der Waals surface area contributed by atoms with Crippen LogP contribution in [0.15, 0.2) is 69.6 Å². The number of halogens is 2. The van der Waals surface area contributed by atoms with Gasteiger partial charge in [-0.25, -0.2) is 0 Å². The molecule has 3 aromatic rings. The molecule has 0 saturated heterocycles. The van der Waals surface area contributed by atoms with E-state index in [0.29, 0.717) is 33.8 Å². The smallest absolute Gasteiger partial charge is 0.126 e. The van der Waals surface area contributed by atoms with Crippen LogP contribution in [-0.4, -0.2) is 14.2 Å². The number of ether oxygens (including phenoxy) is 2. The molecule has 3 rings (SSSR count). The summed E-state index contributed by atoms with van der Waals surface area (Å²) < 4.78 is 13.1. The van der Waals surface area contributed by atoms with Crippen LogP contribution in [0, 0.1) is 22.7 Å². The summed E-state index contributed by atoms with van der Waals surface area (Å²) in [5, 5.41) is 19.4. The van der Waals surface area contributed by atoms with Crippen LogP contribution in [0.3, 0.4) is 0 Å². The standard InChI is InChI=1S/C26H18Br2N2O2/c1-31-25-13-20(12-22(16-30)18-5-9-24(28)10-6-18)26(32-2)14-19(25)11-21(15-29)17-3-7-23(27)8-4-17/h3-14H,1-2H3. The molecule has 0 heterocycles. The first-order valence-electron chi connectivity index (χ1n) is 9.50. The van der Waals surface area contributed by atoms with Gasteiger partial charge in [0.2, 0.25) is 0 Å². The van der Waals surface area contributed by atoms with Crippen molar-refractivity contribution in [2.45, 2.75) is 0 Å². The molecular weight excluding hydrogens is 532 g/mol. The van der Waals surface area contributed by atoms with E-state index in [9.17, 15) is 10.5 Å². The SMILES string of the molecule is COc1cc(C=C(C#N)c2ccc(Br)cc2)c(OC)cc1C=C(C#N)c1ccc(Br)cc1. The van der Waals surface area contributed by atoms with E-state index in [1.54, 1.807) is 38.5 Å². The van der Waals surface area contributed by atoms with Crippen LogP contribution in [0.25, 0.3) is 23.3 Å². The van der Waals surface area contributed by atoms with E-state index in [2.05, 4.69) is 44.0 Å². The molecule has 0 aliphatic heterocycles. The first kappa shape index (κ1) is 23.3. The molecule has 0 bridgehead atoms. The molecule has 0 saturated carbocycles. The average molecular weight is 550 g/mol. The van der Waals surface area contributed by atoms with Gasteiger partial charge in [0.05, 0.1) is 37.5 Å². The Kier molecular flexibility index (Phi) is 7.89. The second kappa shape index (κ2) is 10.8. The van der Waals surface area contributed by atoms with Crippen molar-refractivity contribution >= 4 is 55.2 Å². The molecule has 0 aromatic heterocycles. The minimum Gasteiger partial charge on any atom is -0.496 e. The van der Waals surface area contributed by atoms with Crippen molar-refractivity contribution in [3.63, 3.8) is 0 Å². The lowest BCUT2D eigenvalue weighted by molar-refractivity contribution is 0.401. The number of nitriles is 2. The normalized spacial score (nSPS) is 11.4. The van der Waals surface area contributed by atoms with Gasteiger partial charge in [-0.2, -0.15) is 10.5 Å². The third-order valence-corrected chi connectivity index (χ3v) is 5.79. The Morgan fingerprint density at radius 1 is 0.688 bits per heavy atom. The zero-order valence-electron chi connectivity index (χ0n) is 17.4. The summed E-state index contributed by atoms with van der Waals surface area (Å²) in [7, 11) is 3.14. The van der Waals surface area contributed by atoms with Crippen LogP contribution in [0.4, 0.5) is 0 Å². The van der Waals surface area contributed by atoms with E-state index in [-0.39, 0.29) is 0 Å². The van der Waals surface area contributed by atoms with Gasteiger partial charge in [0.25, 0.3) is 0 Å². The Balaban J connectivity index is 2.10. The van der Waals surface area contributed by atoms with Gasteiger partial charge in [0.15, 0.2) is 0 Å². The van der Waals surface area contributed by atoms with Crippen molar-refractivity contribution in [1.82, 2.24) is 0 Å². The molecule has 4 nitrogen and oxygen atoms in total. The Labute approximate surface area is 204 Å². The number of hydrogen-bond acceptors (Lipinski definition) is 4. The number of rotatable bonds is 6. The monoisotopic (exact) mass is 548 g/mol. The summed E-state index contributed by atoms with van der Waals surface area (Å²) in [5.41, 5.74) is 3.97. The van der Waals surface area contributed by atoms with Crippen LogP contribution >= 0.6 is 31.9 Å². The van der Waals surface area contributed by atoms with Crippen LogP contribution in [-0.2, 0) is 0 Å². The lowest BCUT2D eigenvalue weighted by Crippen LogP contribution is -1.94. The molecule has 0 spiro atoms. The fraction of sp³-hybridized carbons (Fsp3) is 0.0769. The highest BCUT2D eigenvalue weighted by Gasteiger charge is 2.12. The van der Waals surface area contributed by atoms with E-state index in [1.165, 1.54) is 0 Å². The second-order valence-electron chi connectivity index (χ2n) is 6.69. The third-order valence-electron chi connectivity index (χ3n) is 4.73. The minimum atomic E-state index is 0.494. The zero-order valence-corrected chi connectivity index (χ0v) is 20.6. The molecule has 0 fully saturated rings. The Morgan fingerprint density at radius 2 is 1.03 bits per heavy atom. The molecule has 0 N–H and O–H groups in total. The van der Waals surface area contributed by atoms with E-state index in [4.69, 9.17) is 9.47 Å².